The van der Waals surface area contributed by atoms with Crippen LogP contribution in [0.1, 0.15) is 0 Å². The van der Waals surface area contributed by atoms with E-state index in [1.54, 1.807) is 30.3 Å². The first-order valence-electron chi connectivity index (χ1n) is 5.86. The zero-order valence-electron chi connectivity index (χ0n) is 10.0. The zero-order chi connectivity index (χ0) is 13.0. The fourth-order valence-corrected chi connectivity index (χ4v) is 3.44. The van der Waals surface area contributed by atoms with Gasteiger partial charge in [-0.2, -0.15) is 4.31 Å². The molecule has 5 nitrogen and oxygen atoms in total. The van der Waals surface area contributed by atoms with Crippen LogP contribution in [0.25, 0.3) is 0 Å². The molecule has 0 N–H and O–H groups in total. The topological polar surface area (TPSA) is 57.7 Å². The molecule has 0 aliphatic carbocycles. The summed E-state index contributed by atoms with van der Waals surface area (Å²) in [6.07, 6.45) is 0.849. The minimum atomic E-state index is -3.38. The summed E-state index contributed by atoms with van der Waals surface area (Å²) in [5.74, 6) is 0. The highest BCUT2D eigenvalue weighted by Crippen LogP contribution is 2.16. The standard InChI is InChI=1S/C12H16N2O3S/c15-11-10-13-6-8-14(9-7-13)18(16,17)12-4-2-1-3-5-12/h1-5,11H,6-10H2. The molecule has 1 fully saturated rings. The molecule has 1 aromatic rings. The van der Waals surface area contributed by atoms with E-state index < -0.39 is 10.0 Å². The first kappa shape index (κ1) is 13.2. The Hall–Kier alpha value is -1.24. The molecule has 1 saturated heterocycles. The smallest absolute Gasteiger partial charge is 0.243 e. The van der Waals surface area contributed by atoms with E-state index in [2.05, 4.69) is 0 Å². The van der Waals surface area contributed by atoms with Gasteiger partial charge in [-0.1, -0.05) is 18.2 Å². The summed E-state index contributed by atoms with van der Waals surface area (Å²) in [5, 5.41) is 0. The second kappa shape index (κ2) is 5.60. The number of carbonyl (C=O) groups excluding carboxylic acids is 1. The first-order chi connectivity index (χ1) is 8.64. The number of rotatable bonds is 4. The predicted octanol–water partition coefficient (Wildman–Crippen LogP) is 0.192. The maximum Gasteiger partial charge on any atom is 0.243 e. The van der Waals surface area contributed by atoms with Crippen molar-refractivity contribution in [2.24, 2.45) is 0 Å². The minimum absolute atomic E-state index is 0.328. The van der Waals surface area contributed by atoms with Gasteiger partial charge in [0.2, 0.25) is 10.0 Å². The van der Waals surface area contributed by atoms with Crippen molar-refractivity contribution in [2.75, 3.05) is 32.7 Å². The lowest BCUT2D eigenvalue weighted by Gasteiger charge is -2.32. The van der Waals surface area contributed by atoms with Crippen LogP contribution in [-0.2, 0) is 14.8 Å². The summed E-state index contributed by atoms with van der Waals surface area (Å²) < 4.78 is 26.1. The molecule has 98 valence electrons. The molecule has 1 aromatic carbocycles. The van der Waals surface area contributed by atoms with Gasteiger partial charge in [0.15, 0.2) is 0 Å². The number of aldehydes is 1. The van der Waals surface area contributed by atoms with E-state index in [0.717, 1.165) is 6.29 Å². The summed E-state index contributed by atoms with van der Waals surface area (Å²) in [6, 6.07) is 8.44. The molecule has 1 aliphatic rings. The van der Waals surface area contributed by atoms with Gasteiger partial charge < -0.3 is 4.79 Å². The Balaban J connectivity index is 2.07. The van der Waals surface area contributed by atoms with Crippen molar-refractivity contribution in [1.82, 2.24) is 9.21 Å². The number of benzene rings is 1. The van der Waals surface area contributed by atoms with Crippen LogP contribution in [0.2, 0.25) is 0 Å². The monoisotopic (exact) mass is 268 g/mol. The number of piperazine rings is 1. The third-order valence-electron chi connectivity index (χ3n) is 3.04. The number of sulfonamides is 1. The number of hydrogen-bond donors (Lipinski definition) is 0. The highest BCUT2D eigenvalue weighted by atomic mass is 32.2. The van der Waals surface area contributed by atoms with E-state index in [9.17, 15) is 13.2 Å². The Labute approximate surface area is 107 Å². The Morgan fingerprint density at radius 1 is 1.06 bits per heavy atom. The van der Waals surface area contributed by atoms with Crippen molar-refractivity contribution >= 4 is 16.3 Å². The molecule has 0 bridgehead atoms. The van der Waals surface area contributed by atoms with Gasteiger partial charge in [0.25, 0.3) is 0 Å². The van der Waals surface area contributed by atoms with Gasteiger partial charge in [0, 0.05) is 26.2 Å². The molecule has 2 rings (SSSR count). The molecule has 18 heavy (non-hydrogen) atoms. The predicted molar refractivity (Wildman–Crippen MR) is 67.7 cm³/mol. The van der Waals surface area contributed by atoms with Gasteiger partial charge >= 0.3 is 0 Å². The van der Waals surface area contributed by atoms with Crippen LogP contribution in [-0.4, -0.2) is 56.6 Å². The molecular weight excluding hydrogens is 252 g/mol. The minimum Gasteiger partial charge on any atom is -0.302 e. The fraction of sp³-hybridized carbons (Fsp3) is 0.417. The first-order valence-corrected chi connectivity index (χ1v) is 7.30. The third kappa shape index (κ3) is 2.77. The van der Waals surface area contributed by atoms with Gasteiger partial charge in [-0.25, -0.2) is 8.42 Å². The van der Waals surface area contributed by atoms with Crippen molar-refractivity contribution < 1.29 is 13.2 Å². The van der Waals surface area contributed by atoms with Crippen molar-refractivity contribution in [2.45, 2.75) is 4.90 Å². The van der Waals surface area contributed by atoms with Gasteiger partial charge in [-0.3, -0.25) is 4.90 Å². The van der Waals surface area contributed by atoms with Gasteiger partial charge in [-0.05, 0) is 12.1 Å². The Morgan fingerprint density at radius 2 is 1.67 bits per heavy atom. The van der Waals surface area contributed by atoms with Crippen molar-refractivity contribution in [3.05, 3.63) is 30.3 Å². The normalized spacial score (nSPS) is 18.7. The lowest BCUT2D eigenvalue weighted by molar-refractivity contribution is -0.109. The van der Waals surface area contributed by atoms with Crippen LogP contribution < -0.4 is 0 Å². The van der Waals surface area contributed by atoms with E-state index in [1.165, 1.54) is 4.31 Å². The fourth-order valence-electron chi connectivity index (χ4n) is 2.00. The van der Waals surface area contributed by atoms with Crippen LogP contribution in [0, 0.1) is 0 Å². The van der Waals surface area contributed by atoms with Crippen molar-refractivity contribution in [1.29, 1.82) is 0 Å². The van der Waals surface area contributed by atoms with Gasteiger partial charge in [-0.15, -0.1) is 0 Å². The van der Waals surface area contributed by atoms with E-state index in [0.29, 0.717) is 37.6 Å². The molecule has 0 unspecified atom stereocenters. The molecule has 0 aromatic heterocycles. The Kier molecular flexibility index (Phi) is 4.11. The summed E-state index contributed by atoms with van der Waals surface area (Å²) >= 11 is 0. The second-order valence-corrected chi connectivity index (χ2v) is 6.12. The molecular formula is C12H16N2O3S. The molecule has 0 atom stereocenters. The summed E-state index contributed by atoms with van der Waals surface area (Å²) in [5.41, 5.74) is 0. The lowest BCUT2D eigenvalue weighted by atomic mass is 10.4. The Morgan fingerprint density at radius 3 is 2.22 bits per heavy atom. The van der Waals surface area contributed by atoms with Crippen LogP contribution in [0.5, 0.6) is 0 Å². The second-order valence-electron chi connectivity index (χ2n) is 4.18. The van der Waals surface area contributed by atoms with Crippen molar-refractivity contribution in [3.63, 3.8) is 0 Å². The molecule has 1 aliphatic heterocycles. The maximum atomic E-state index is 12.3. The largest absolute Gasteiger partial charge is 0.302 e. The molecule has 0 radical (unpaired) electrons. The highest BCUT2D eigenvalue weighted by molar-refractivity contribution is 7.89. The van der Waals surface area contributed by atoms with E-state index in [4.69, 9.17) is 0 Å². The van der Waals surface area contributed by atoms with Gasteiger partial charge in [0.1, 0.15) is 6.29 Å². The SMILES string of the molecule is O=CCN1CCN(S(=O)(=O)c2ccccc2)CC1. The quantitative estimate of drug-likeness (QED) is 0.732. The van der Waals surface area contributed by atoms with Crippen molar-refractivity contribution in [3.8, 4) is 0 Å². The van der Waals surface area contributed by atoms with E-state index in [-0.39, 0.29) is 0 Å². The zero-order valence-corrected chi connectivity index (χ0v) is 10.8. The Bertz CT molecular complexity index is 493. The molecule has 1 heterocycles. The number of hydrogen-bond acceptors (Lipinski definition) is 4. The number of carbonyl (C=O) groups is 1. The summed E-state index contributed by atoms with van der Waals surface area (Å²) in [6.45, 7) is 2.45. The highest BCUT2D eigenvalue weighted by Gasteiger charge is 2.27. The van der Waals surface area contributed by atoms with Crippen LogP contribution >= 0.6 is 0 Å². The van der Waals surface area contributed by atoms with Crippen LogP contribution in [0.3, 0.4) is 0 Å². The van der Waals surface area contributed by atoms with Crippen LogP contribution in [0.15, 0.2) is 35.2 Å². The van der Waals surface area contributed by atoms with E-state index >= 15 is 0 Å². The summed E-state index contributed by atoms with van der Waals surface area (Å²) in [7, 11) is -3.38. The number of nitrogens with zero attached hydrogens (tertiary/aromatic N) is 2. The summed E-state index contributed by atoms with van der Waals surface area (Å²) in [4.78, 5) is 12.7. The lowest BCUT2D eigenvalue weighted by Crippen LogP contribution is -2.48. The van der Waals surface area contributed by atoms with Crippen LogP contribution in [0.4, 0.5) is 0 Å². The molecule has 6 heteroatoms. The molecule has 0 amide bonds. The molecule has 0 spiro atoms. The molecule has 0 saturated carbocycles. The third-order valence-corrected chi connectivity index (χ3v) is 4.96. The van der Waals surface area contributed by atoms with Gasteiger partial charge in [0.05, 0.1) is 11.4 Å². The maximum absolute atomic E-state index is 12.3. The average molecular weight is 268 g/mol. The van der Waals surface area contributed by atoms with E-state index in [1.807, 2.05) is 4.90 Å². The average Bonchev–Trinajstić information content (AvgIpc) is 2.41.